The van der Waals surface area contributed by atoms with E-state index in [1.54, 1.807) is 7.11 Å². The fraction of sp³-hybridized carbons (Fsp3) is 0.333. The molecule has 0 aliphatic heterocycles. The summed E-state index contributed by atoms with van der Waals surface area (Å²) >= 11 is 0. The van der Waals surface area contributed by atoms with Crippen LogP contribution in [0.15, 0.2) is 36.4 Å². The van der Waals surface area contributed by atoms with Crippen molar-refractivity contribution in [2.24, 2.45) is 0 Å². The van der Waals surface area contributed by atoms with E-state index in [-0.39, 0.29) is 0 Å². The highest BCUT2D eigenvalue weighted by Crippen LogP contribution is 2.17. The molecule has 1 aromatic carbocycles. The first kappa shape index (κ1) is 11.6. The maximum atomic E-state index is 5.52. The molecule has 0 unspecified atom stereocenters. The van der Waals surface area contributed by atoms with Crippen molar-refractivity contribution < 1.29 is 9.47 Å². The lowest BCUT2D eigenvalue weighted by molar-refractivity contribution is 0.347. The SMILES string of the molecule is C=C(CNC)COc1ccc(OC)cc1. The van der Waals surface area contributed by atoms with Gasteiger partial charge in [-0.15, -0.1) is 0 Å². The molecule has 0 heterocycles. The van der Waals surface area contributed by atoms with Crippen LogP contribution in [-0.2, 0) is 0 Å². The molecule has 0 aromatic heterocycles. The number of nitrogens with one attached hydrogen (secondary N) is 1. The molecule has 0 bridgehead atoms. The number of likely N-dealkylation sites (N-methyl/N-ethyl adjacent to an activating group) is 1. The Balaban J connectivity index is 2.40. The highest BCUT2D eigenvalue weighted by Gasteiger charge is 1.96. The Kier molecular flexibility index (Phi) is 4.71. The van der Waals surface area contributed by atoms with Crippen molar-refractivity contribution >= 4 is 0 Å². The summed E-state index contributed by atoms with van der Waals surface area (Å²) in [6.07, 6.45) is 0. The zero-order valence-corrected chi connectivity index (χ0v) is 9.25. The number of ether oxygens (including phenoxy) is 2. The summed E-state index contributed by atoms with van der Waals surface area (Å²) in [5.74, 6) is 1.66. The molecule has 15 heavy (non-hydrogen) atoms. The largest absolute Gasteiger partial charge is 0.497 e. The topological polar surface area (TPSA) is 30.5 Å². The van der Waals surface area contributed by atoms with Crippen molar-refractivity contribution in [3.05, 3.63) is 36.4 Å². The van der Waals surface area contributed by atoms with Crippen LogP contribution in [0.3, 0.4) is 0 Å². The Bertz CT molecular complexity index is 306. The quantitative estimate of drug-likeness (QED) is 0.722. The van der Waals surface area contributed by atoms with Gasteiger partial charge in [0.15, 0.2) is 0 Å². The van der Waals surface area contributed by atoms with Gasteiger partial charge in [0, 0.05) is 6.54 Å². The molecular formula is C12H17NO2. The van der Waals surface area contributed by atoms with Crippen molar-refractivity contribution in [1.29, 1.82) is 0 Å². The maximum absolute atomic E-state index is 5.52. The van der Waals surface area contributed by atoms with E-state index in [2.05, 4.69) is 11.9 Å². The molecule has 0 atom stereocenters. The van der Waals surface area contributed by atoms with Gasteiger partial charge < -0.3 is 14.8 Å². The van der Waals surface area contributed by atoms with E-state index < -0.39 is 0 Å². The van der Waals surface area contributed by atoms with Crippen LogP contribution in [0, 0.1) is 0 Å². The second-order valence-corrected chi connectivity index (χ2v) is 3.24. The summed E-state index contributed by atoms with van der Waals surface area (Å²) in [4.78, 5) is 0. The number of hydrogen-bond donors (Lipinski definition) is 1. The minimum absolute atomic E-state index is 0.535. The first-order chi connectivity index (χ1) is 7.26. The molecule has 3 nitrogen and oxygen atoms in total. The van der Waals surface area contributed by atoms with Crippen molar-refractivity contribution in [3.63, 3.8) is 0 Å². The number of benzene rings is 1. The zero-order valence-electron chi connectivity index (χ0n) is 9.25. The van der Waals surface area contributed by atoms with Crippen molar-refractivity contribution in [2.45, 2.75) is 0 Å². The third kappa shape index (κ3) is 4.04. The van der Waals surface area contributed by atoms with Gasteiger partial charge in [-0.2, -0.15) is 0 Å². The monoisotopic (exact) mass is 207 g/mol. The fourth-order valence-corrected chi connectivity index (χ4v) is 1.16. The summed E-state index contributed by atoms with van der Waals surface area (Å²) in [6, 6.07) is 7.50. The molecule has 0 fully saturated rings. The van der Waals surface area contributed by atoms with Crippen LogP contribution in [-0.4, -0.2) is 27.3 Å². The smallest absolute Gasteiger partial charge is 0.120 e. The number of hydrogen-bond acceptors (Lipinski definition) is 3. The van der Waals surface area contributed by atoms with E-state index in [1.165, 1.54) is 0 Å². The average molecular weight is 207 g/mol. The van der Waals surface area contributed by atoms with Gasteiger partial charge in [-0.25, -0.2) is 0 Å². The van der Waals surface area contributed by atoms with Crippen molar-refractivity contribution in [2.75, 3.05) is 27.3 Å². The molecule has 1 aromatic rings. The average Bonchev–Trinajstić information content (AvgIpc) is 2.27. The minimum atomic E-state index is 0.535. The predicted octanol–water partition coefficient (Wildman–Crippen LogP) is 1.85. The third-order valence-electron chi connectivity index (χ3n) is 1.93. The lowest BCUT2D eigenvalue weighted by atomic mass is 10.3. The number of rotatable bonds is 6. The molecule has 0 saturated heterocycles. The lowest BCUT2D eigenvalue weighted by Gasteiger charge is -2.08. The van der Waals surface area contributed by atoms with Gasteiger partial charge in [0.2, 0.25) is 0 Å². The Morgan fingerprint density at radius 1 is 1.27 bits per heavy atom. The first-order valence-electron chi connectivity index (χ1n) is 4.84. The molecule has 3 heteroatoms. The van der Waals surface area contributed by atoms with Crippen LogP contribution < -0.4 is 14.8 Å². The summed E-state index contributed by atoms with van der Waals surface area (Å²) in [5, 5.41) is 3.02. The lowest BCUT2D eigenvalue weighted by Crippen LogP contribution is -2.14. The van der Waals surface area contributed by atoms with E-state index >= 15 is 0 Å². The van der Waals surface area contributed by atoms with Gasteiger partial charge >= 0.3 is 0 Å². The van der Waals surface area contributed by atoms with E-state index in [1.807, 2.05) is 31.3 Å². The molecule has 0 saturated carbocycles. The molecular weight excluding hydrogens is 190 g/mol. The van der Waals surface area contributed by atoms with Gasteiger partial charge in [-0.3, -0.25) is 0 Å². The second-order valence-electron chi connectivity index (χ2n) is 3.24. The van der Waals surface area contributed by atoms with E-state index in [0.29, 0.717) is 6.61 Å². The van der Waals surface area contributed by atoms with Crippen molar-refractivity contribution in [3.8, 4) is 11.5 Å². The van der Waals surface area contributed by atoms with E-state index in [9.17, 15) is 0 Å². The number of methoxy groups -OCH3 is 1. The molecule has 0 spiro atoms. The van der Waals surface area contributed by atoms with Gasteiger partial charge in [0.1, 0.15) is 18.1 Å². The maximum Gasteiger partial charge on any atom is 0.120 e. The van der Waals surface area contributed by atoms with Gasteiger partial charge in [-0.1, -0.05) is 6.58 Å². The van der Waals surface area contributed by atoms with Crippen LogP contribution in [0.5, 0.6) is 11.5 Å². The predicted molar refractivity (Wildman–Crippen MR) is 61.6 cm³/mol. The molecule has 0 aliphatic carbocycles. The first-order valence-corrected chi connectivity index (χ1v) is 4.84. The van der Waals surface area contributed by atoms with Crippen LogP contribution in [0.2, 0.25) is 0 Å². The van der Waals surface area contributed by atoms with E-state index in [4.69, 9.17) is 9.47 Å². The van der Waals surface area contributed by atoms with Gasteiger partial charge in [-0.05, 0) is 36.9 Å². The highest BCUT2D eigenvalue weighted by atomic mass is 16.5. The zero-order chi connectivity index (χ0) is 11.1. The Hall–Kier alpha value is -1.48. The van der Waals surface area contributed by atoms with Crippen molar-refractivity contribution in [1.82, 2.24) is 5.32 Å². The Labute approximate surface area is 90.7 Å². The summed E-state index contributed by atoms with van der Waals surface area (Å²) in [7, 11) is 3.53. The fourth-order valence-electron chi connectivity index (χ4n) is 1.16. The van der Waals surface area contributed by atoms with Gasteiger partial charge in [0.25, 0.3) is 0 Å². The van der Waals surface area contributed by atoms with Crippen LogP contribution in [0.4, 0.5) is 0 Å². The summed E-state index contributed by atoms with van der Waals surface area (Å²) < 4.78 is 10.6. The summed E-state index contributed by atoms with van der Waals surface area (Å²) in [6.45, 7) is 5.19. The molecule has 1 rings (SSSR count). The molecule has 0 aliphatic rings. The minimum Gasteiger partial charge on any atom is -0.497 e. The second kappa shape index (κ2) is 6.09. The molecule has 0 amide bonds. The Morgan fingerprint density at radius 2 is 1.87 bits per heavy atom. The van der Waals surface area contributed by atoms with Crippen LogP contribution >= 0.6 is 0 Å². The standard InChI is InChI=1S/C12H17NO2/c1-10(8-13-2)9-15-12-6-4-11(14-3)5-7-12/h4-7,13H,1,8-9H2,2-3H3. The molecule has 1 N–H and O–H groups in total. The normalized spacial score (nSPS) is 9.73. The molecule has 82 valence electrons. The molecule has 0 radical (unpaired) electrons. The van der Waals surface area contributed by atoms with Gasteiger partial charge in [0.05, 0.1) is 7.11 Å². The van der Waals surface area contributed by atoms with Crippen LogP contribution in [0.25, 0.3) is 0 Å². The summed E-state index contributed by atoms with van der Waals surface area (Å²) in [5.41, 5.74) is 1.02. The third-order valence-corrected chi connectivity index (χ3v) is 1.93. The van der Waals surface area contributed by atoms with Crippen LogP contribution in [0.1, 0.15) is 0 Å². The van der Waals surface area contributed by atoms with E-state index in [0.717, 1.165) is 23.6 Å². The Morgan fingerprint density at radius 3 is 2.40 bits per heavy atom. The highest BCUT2D eigenvalue weighted by molar-refractivity contribution is 5.31.